The van der Waals surface area contributed by atoms with E-state index in [2.05, 4.69) is 21.3 Å². The minimum absolute atomic E-state index is 0.0477. The van der Waals surface area contributed by atoms with Gasteiger partial charge in [0.05, 0.1) is 7.11 Å². The lowest BCUT2D eigenvalue weighted by Crippen LogP contribution is -2.30. The molecule has 4 amide bonds. The quantitative estimate of drug-likeness (QED) is 0.0803. The van der Waals surface area contributed by atoms with E-state index in [1.807, 2.05) is 48.5 Å². The van der Waals surface area contributed by atoms with E-state index >= 15 is 0 Å². The SMILES string of the molecule is COc1cccc(/C=C(\NC(=O)c2ccccc2)C(=O)Nc2ccc(SC(C(=O)Nc3ccc(NC(C)=O)cc3)c3ccccc3)cc2)c1. The molecule has 10 heteroatoms. The number of thioether (sulfide) groups is 1. The molecule has 0 aliphatic carbocycles. The molecule has 4 N–H and O–H groups in total. The van der Waals surface area contributed by atoms with Crippen LogP contribution in [0.3, 0.4) is 0 Å². The number of carbonyl (C=O) groups excluding carboxylic acids is 4. The van der Waals surface area contributed by atoms with Gasteiger partial charge < -0.3 is 26.0 Å². The van der Waals surface area contributed by atoms with Gasteiger partial charge in [-0.25, -0.2) is 0 Å². The van der Waals surface area contributed by atoms with Crippen molar-refractivity contribution in [1.82, 2.24) is 5.32 Å². The Morgan fingerprint density at radius 1 is 0.673 bits per heavy atom. The Kier molecular flexibility index (Phi) is 11.6. The summed E-state index contributed by atoms with van der Waals surface area (Å²) in [6.45, 7) is 1.43. The van der Waals surface area contributed by atoms with Crippen LogP contribution in [-0.2, 0) is 14.4 Å². The molecule has 0 heterocycles. The summed E-state index contributed by atoms with van der Waals surface area (Å²) in [5.41, 5.74) is 3.67. The standard InChI is InChI=1S/C39H34N4O5S/c1-26(44)40-30-16-18-31(19-17-30)42-39(47)36(28-11-5-3-6-12-28)49-34-22-20-32(21-23-34)41-38(46)35(25-27-10-9-15-33(24-27)48-2)43-37(45)29-13-7-4-8-14-29/h3-25,36H,1-2H3,(H,40,44)(H,41,46)(H,42,47)(H,43,45)/b35-25-. The first-order valence-corrected chi connectivity index (χ1v) is 16.2. The molecule has 246 valence electrons. The Morgan fingerprint density at radius 3 is 1.90 bits per heavy atom. The predicted octanol–water partition coefficient (Wildman–Crippen LogP) is 7.54. The highest BCUT2D eigenvalue weighted by Crippen LogP contribution is 2.37. The molecule has 5 aromatic carbocycles. The van der Waals surface area contributed by atoms with Crippen LogP contribution in [0.1, 0.15) is 33.7 Å². The second-order valence-corrected chi connectivity index (χ2v) is 12.0. The third-order valence-electron chi connectivity index (χ3n) is 7.11. The van der Waals surface area contributed by atoms with Crippen LogP contribution in [0.25, 0.3) is 6.08 Å². The van der Waals surface area contributed by atoms with E-state index in [4.69, 9.17) is 4.74 Å². The largest absolute Gasteiger partial charge is 0.497 e. The molecule has 0 radical (unpaired) electrons. The first-order valence-electron chi connectivity index (χ1n) is 15.3. The molecule has 0 saturated carbocycles. The number of methoxy groups -OCH3 is 1. The first kappa shape index (κ1) is 34.2. The number of hydrogen-bond donors (Lipinski definition) is 4. The van der Waals surface area contributed by atoms with Crippen LogP contribution in [0.5, 0.6) is 5.75 Å². The lowest BCUT2D eigenvalue weighted by Gasteiger charge is -2.18. The minimum Gasteiger partial charge on any atom is -0.497 e. The lowest BCUT2D eigenvalue weighted by molar-refractivity contribution is -0.116. The molecule has 0 aromatic heterocycles. The van der Waals surface area contributed by atoms with Crippen molar-refractivity contribution in [2.24, 2.45) is 0 Å². The maximum Gasteiger partial charge on any atom is 0.272 e. The normalized spacial score (nSPS) is 11.5. The van der Waals surface area contributed by atoms with Crippen LogP contribution in [0.15, 0.2) is 144 Å². The van der Waals surface area contributed by atoms with Gasteiger partial charge in [-0.15, -0.1) is 11.8 Å². The van der Waals surface area contributed by atoms with Gasteiger partial charge in [-0.1, -0.05) is 60.7 Å². The monoisotopic (exact) mass is 670 g/mol. The number of ether oxygens (including phenoxy) is 1. The van der Waals surface area contributed by atoms with Gasteiger partial charge >= 0.3 is 0 Å². The number of anilines is 3. The predicted molar refractivity (Wildman–Crippen MR) is 194 cm³/mol. The fraction of sp³-hybridized carbons (Fsp3) is 0.0769. The van der Waals surface area contributed by atoms with E-state index in [0.29, 0.717) is 33.9 Å². The van der Waals surface area contributed by atoms with Crippen molar-refractivity contribution in [3.8, 4) is 5.75 Å². The number of carbonyl (C=O) groups is 4. The summed E-state index contributed by atoms with van der Waals surface area (Å²) in [7, 11) is 1.55. The fourth-order valence-electron chi connectivity index (χ4n) is 4.74. The van der Waals surface area contributed by atoms with Crippen LogP contribution in [0.4, 0.5) is 17.1 Å². The van der Waals surface area contributed by atoms with Crippen molar-refractivity contribution in [3.05, 3.63) is 156 Å². The van der Waals surface area contributed by atoms with Gasteiger partial charge in [0.2, 0.25) is 11.8 Å². The summed E-state index contributed by atoms with van der Waals surface area (Å²) in [6.07, 6.45) is 1.58. The molecule has 1 unspecified atom stereocenters. The van der Waals surface area contributed by atoms with Crippen LogP contribution < -0.4 is 26.0 Å². The summed E-state index contributed by atoms with van der Waals surface area (Å²) >= 11 is 1.36. The summed E-state index contributed by atoms with van der Waals surface area (Å²) in [5.74, 6) is -0.729. The highest BCUT2D eigenvalue weighted by molar-refractivity contribution is 8.00. The molecular formula is C39H34N4O5S. The highest BCUT2D eigenvalue weighted by atomic mass is 32.2. The molecule has 0 spiro atoms. The van der Waals surface area contributed by atoms with E-state index < -0.39 is 17.1 Å². The molecular weight excluding hydrogens is 637 g/mol. The van der Waals surface area contributed by atoms with Crippen LogP contribution in [-0.4, -0.2) is 30.7 Å². The molecule has 5 aromatic rings. The maximum atomic E-state index is 13.5. The van der Waals surface area contributed by atoms with Crippen molar-refractivity contribution in [3.63, 3.8) is 0 Å². The topological polar surface area (TPSA) is 126 Å². The van der Waals surface area contributed by atoms with Crippen LogP contribution in [0, 0.1) is 0 Å². The van der Waals surface area contributed by atoms with Crippen LogP contribution >= 0.6 is 11.8 Å². The average Bonchev–Trinajstić information content (AvgIpc) is 3.12. The van der Waals surface area contributed by atoms with Gasteiger partial charge in [0.25, 0.3) is 11.8 Å². The van der Waals surface area contributed by atoms with Gasteiger partial charge in [-0.05, 0) is 90.0 Å². The number of benzene rings is 5. The Labute approximate surface area is 288 Å². The molecule has 0 aliphatic heterocycles. The molecule has 1 atom stereocenters. The molecule has 49 heavy (non-hydrogen) atoms. The van der Waals surface area contributed by atoms with Gasteiger partial charge in [0.1, 0.15) is 16.7 Å². The molecule has 9 nitrogen and oxygen atoms in total. The number of hydrogen-bond acceptors (Lipinski definition) is 6. The summed E-state index contributed by atoms with van der Waals surface area (Å²) < 4.78 is 5.31. The Morgan fingerprint density at radius 2 is 1.27 bits per heavy atom. The van der Waals surface area contributed by atoms with Crippen molar-refractivity contribution in [2.45, 2.75) is 17.1 Å². The zero-order chi connectivity index (χ0) is 34.6. The third kappa shape index (κ3) is 9.93. The Bertz CT molecular complexity index is 1950. The second kappa shape index (κ2) is 16.6. The van der Waals surface area contributed by atoms with Crippen LogP contribution in [0.2, 0.25) is 0 Å². The zero-order valence-corrected chi connectivity index (χ0v) is 27.6. The number of amides is 4. The highest BCUT2D eigenvalue weighted by Gasteiger charge is 2.23. The summed E-state index contributed by atoms with van der Waals surface area (Å²) in [5, 5.41) is 10.7. The molecule has 5 rings (SSSR count). The van der Waals surface area contributed by atoms with Gasteiger partial charge in [-0.3, -0.25) is 19.2 Å². The maximum absolute atomic E-state index is 13.5. The molecule has 0 bridgehead atoms. The van der Waals surface area contributed by atoms with Crippen molar-refractivity contribution in [1.29, 1.82) is 0 Å². The number of rotatable bonds is 12. The first-order chi connectivity index (χ1) is 23.8. The third-order valence-corrected chi connectivity index (χ3v) is 8.38. The number of nitrogens with one attached hydrogen (secondary N) is 4. The lowest BCUT2D eigenvalue weighted by atomic mass is 10.1. The van der Waals surface area contributed by atoms with Crippen molar-refractivity contribution < 1.29 is 23.9 Å². The van der Waals surface area contributed by atoms with E-state index in [9.17, 15) is 19.2 Å². The minimum atomic E-state index is -0.581. The van der Waals surface area contributed by atoms with Gasteiger partial charge in [0, 0.05) is 34.4 Å². The summed E-state index contributed by atoms with van der Waals surface area (Å²) in [4.78, 5) is 52.2. The molecule has 0 aliphatic rings. The average molecular weight is 671 g/mol. The Hall–Kier alpha value is -6.13. The second-order valence-electron chi connectivity index (χ2n) is 10.8. The molecule has 0 fully saturated rings. The van der Waals surface area contributed by atoms with E-state index in [1.54, 1.807) is 98.1 Å². The smallest absolute Gasteiger partial charge is 0.272 e. The Balaban J connectivity index is 1.31. The van der Waals surface area contributed by atoms with E-state index in [1.165, 1.54) is 18.7 Å². The fourth-order valence-corrected chi connectivity index (χ4v) is 5.77. The van der Waals surface area contributed by atoms with Crippen molar-refractivity contribution >= 4 is 58.5 Å². The van der Waals surface area contributed by atoms with E-state index in [0.717, 1.165) is 10.5 Å². The molecule has 0 saturated heterocycles. The van der Waals surface area contributed by atoms with Crippen molar-refractivity contribution in [2.75, 3.05) is 23.1 Å². The van der Waals surface area contributed by atoms with Gasteiger partial charge in [0.15, 0.2) is 0 Å². The summed E-state index contributed by atoms with van der Waals surface area (Å²) in [6, 6.07) is 39.2. The zero-order valence-electron chi connectivity index (χ0n) is 26.8. The van der Waals surface area contributed by atoms with E-state index in [-0.39, 0.29) is 17.5 Å². The van der Waals surface area contributed by atoms with Gasteiger partial charge in [-0.2, -0.15) is 0 Å².